The fourth-order valence-corrected chi connectivity index (χ4v) is 11.8. The van der Waals surface area contributed by atoms with Gasteiger partial charge in [-0.05, 0) is 106 Å². The molecule has 1 saturated carbocycles. The van der Waals surface area contributed by atoms with Gasteiger partial charge in [0.05, 0.1) is 16.6 Å². The van der Waals surface area contributed by atoms with Gasteiger partial charge in [0.15, 0.2) is 7.28 Å². The van der Waals surface area contributed by atoms with Gasteiger partial charge >= 0.3 is 0 Å². The Hall–Kier alpha value is -5.80. The Morgan fingerprint density at radius 2 is 1.25 bits per heavy atom. The fourth-order valence-electron chi connectivity index (χ4n) is 11.8. The predicted octanol–water partition coefficient (Wildman–Crippen LogP) is 12.8. The third-order valence-electron chi connectivity index (χ3n) is 15.0. The molecular weight excluding hydrogens is 711 g/mol. The molecule has 7 aromatic carbocycles. The van der Waals surface area contributed by atoms with Crippen LogP contribution in [0.5, 0.6) is 0 Å². The highest BCUT2D eigenvalue weighted by Crippen LogP contribution is 2.62. The normalized spacial score (nSPS) is 20.6. The van der Waals surface area contributed by atoms with E-state index in [1.165, 1.54) is 115 Å². The molecule has 3 heteroatoms. The molecule has 0 amide bonds. The van der Waals surface area contributed by atoms with Gasteiger partial charge in [-0.15, -0.1) is 0 Å². The zero-order valence-corrected chi connectivity index (χ0v) is 35.3. The van der Waals surface area contributed by atoms with Crippen molar-refractivity contribution in [2.75, 3.05) is 10.2 Å². The molecule has 11 rings (SSSR count). The van der Waals surface area contributed by atoms with E-state index in [0.29, 0.717) is 0 Å². The van der Waals surface area contributed by atoms with Crippen molar-refractivity contribution < 1.29 is 0 Å². The van der Waals surface area contributed by atoms with E-state index in [1.807, 2.05) is 0 Å². The molecule has 1 fully saturated rings. The quantitative estimate of drug-likeness (QED) is 0.180. The predicted molar refractivity (Wildman–Crippen MR) is 250 cm³/mol. The Labute approximate surface area is 351 Å². The first kappa shape index (κ1) is 36.3. The number of aryl methyl sites for hydroxylation is 1. The second kappa shape index (κ2) is 12.9. The average molecular weight is 764 g/mol. The topological polar surface area (TPSA) is 15.3 Å². The molecule has 2 nitrogen and oxygen atoms in total. The van der Waals surface area contributed by atoms with E-state index in [2.05, 4.69) is 211 Å². The van der Waals surface area contributed by atoms with Crippen LogP contribution >= 0.6 is 0 Å². The molecule has 4 aliphatic rings. The van der Waals surface area contributed by atoms with Crippen LogP contribution in [0.25, 0.3) is 22.3 Å². The smallest absolute Gasteiger partial charge is 0.197 e. The molecule has 0 saturated heterocycles. The van der Waals surface area contributed by atoms with Gasteiger partial charge in [-0.3, -0.25) is 0 Å². The first-order valence-electron chi connectivity index (χ1n) is 21.7. The summed E-state index contributed by atoms with van der Waals surface area (Å²) in [6.07, 6.45) is 4.89. The number of nitrogens with zero attached hydrogens (tertiary/aromatic N) is 1. The Bertz CT molecular complexity index is 2780. The number of hydrogen-bond acceptors (Lipinski definition) is 2. The standard InChI is InChI=1S/C56H52BN2/c1-36-20-13-14-25-41(36)37-32-43(50-49(33-37)59-52-46(54(5)30-17-18-31-55(54,59)6)34-40(53(2,3)4)35-47(52)57-50)42-26-19-28-45-51(42)58-48-29-16-15-27-44(48)56(45,38-21-9-7-10-22-38)39-23-11-8-12-24-39/h7-16,19-29,32-35,58H,17-18,30-31H2,1-6H3. The lowest BCUT2D eigenvalue weighted by molar-refractivity contribution is 0.195. The summed E-state index contributed by atoms with van der Waals surface area (Å²) in [5.41, 5.74) is 21.5. The molecule has 2 atom stereocenters. The van der Waals surface area contributed by atoms with Crippen molar-refractivity contribution in [1.82, 2.24) is 0 Å². The van der Waals surface area contributed by atoms with Crippen molar-refractivity contribution in [1.29, 1.82) is 0 Å². The SMILES string of the molecule is Cc1ccccc1-c1cc(-c2cccc3c2Nc2ccccc2C3(c2ccccc2)c2ccccc2)c2c(c1)N1c3c(cc(C(C)(C)C)cc3C3(C)CCCCC13C)[B]2. The third-order valence-corrected chi connectivity index (χ3v) is 15.0. The van der Waals surface area contributed by atoms with Gasteiger partial charge in [-0.2, -0.15) is 0 Å². The van der Waals surface area contributed by atoms with Crippen LogP contribution in [-0.4, -0.2) is 12.8 Å². The molecule has 0 bridgehead atoms. The molecule has 1 radical (unpaired) electrons. The van der Waals surface area contributed by atoms with Crippen molar-refractivity contribution in [2.24, 2.45) is 0 Å². The maximum absolute atomic E-state index is 4.09. The molecule has 0 aromatic heterocycles. The lowest BCUT2D eigenvalue weighted by Gasteiger charge is -2.51. The summed E-state index contributed by atoms with van der Waals surface area (Å²) in [5.74, 6) is 0. The van der Waals surface area contributed by atoms with E-state index in [9.17, 15) is 0 Å². The Kier molecular flexibility index (Phi) is 7.91. The van der Waals surface area contributed by atoms with E-state index < -0.39 is 5.41 Å². The number of rotatable bonds is 4. The minimum Gasteiger partial charge on any atom is -0.354 e. The number of para-hydroxylation sites is 2. The van der Waals surface area contributed by atoms with Crippen molar-refractivity contribution in [3.05, 3.63) is 191 Å². The lowest BCUT2D eigenvalue weighted by atomic mass is 9.56. The van der Waals surface area contributed by atoms with Crippen LogP contribution in [0.4, 0.5) is 22.7 Å². The summed E-state index contributed by atoms with van der Waals surface area (Å²) in [6.45, 7) is 14.5. The van der Waals surface area contributed by atoms with Gasteiger partial charge in [0.1, 0.15) is 0 Å². The molecule has 0 spiro atoms. The van der Waals surface area contributed by atoms with Crippen LogP contribution in [0.15, 0.2) is 152 Å². The third kappa shape index (κ3) is 5.00. The zero-order chi connectivity index (χ0) is 40.3. The monoisotopic (exact) mass is 763 g/mol. The molecule has 1 aliphatic carbocycles. The van der Waals surface area contributed by atoms with Gasteiger partial charge in [-0.1, -0.05) is 185 Å². The molecule has 2 unspecified atom stereocenters. The molecule has 3 aliphatic heterocycles. The molecule has 1 N–H and O–H groups in total. The van der Waals surface area contributed by atoms with Crippen LogP contribution in [0.2, 0.25) is 0 Å². The van der Waals surface area contributed by atoms with E-state index >= 15 is 0 Å². The van der Waals surface area contributed by atoms with E-state index in [4.69, 9.17) is 0 Å². The van der Waals surface area contributed by atoms with Gasteiger partial charge in [0, 0.05) is 28.0 Å². The maximum Gasteiger partial charge on any atom is 0.197 e. The maximum atomic E-state index is 4.09. The number of nitrogens with one attached hydrogen (secondary N) is 1. The van der Waals surface area contributed by atoms with Gasteiger partial charge in [0.25, 0.3) is 0 Å². The van der Waals surface area contributed by atoms with Crippen LogP contribution in [0.1, 0.15) is 99.2 Å². The highest BCUT2D eigenvalue weighted by atomic mass is 15.3. The van der Waals surface area contributed by atoms with Crippen LogP contribution < -0.4 is 21.1 Å². The number of benzene rings is 7. The van der Waals surface area contributed by atoms with E-state index in [-0.39, 0.29) is 16.4 Å². The Morgan fingerprint density at radius 1 is 0.610 bits per heavy atom. The minimum atomic E-state index is -0.539. The summed E-state index contributed by atoms with van der Waals surface area (Å²) in [6, 6.07) is 57.4. The molecule has 289 valence electrons. The average Bonchev–Trinajstić information content (AvgIpc) is 3.47. The van der Waals surface area contributed by atoms with Crippen molar-refractivity contribution in [2.45, 2.75) is 89.0 Å². The molecular formula is C56H52BN2. The summed E-state index contributed by atoms with van der Waals surface area (Å²) in [5, 5.41) is 4.09. The van der Waals surface area contributed by atoms with E-state index in [1.54, 1.807) is 0 Å². The second-order valence-corrected chi connectivity index (χ2v) is 19.2. The Morgan fingerprint density at radius 3 is 1.98 bits per heavy atom. The first-order chi connectivity index (χ1) is 28.5. The van der Waals surface area contributed by atoms with E-state index in [0.717, 1.165) is 5.69 Å². The van der Waals surface area contributed by atoms with Crippen molar-refractivity contribution in [3.8, 4) is 22.3 Å². The molecule has 7 aromatic rings. The van der Waals surface area contributed by atoms with Crippen LogP contribution in [0, 0.1) is 6.92 Å². The summed E-state index contributed by atoms with van der Waals surface area (Å²) in [7, 11) is 2.55. The van der Waals surface area contributed by atoms with Crippen LogP contribution in [0.3, 0.4) is 0 Å². The minimum absolute atomic E-state index is 0.0278. The van der Waals surface area contributed by atoms with Gasteiger partial charge in [-0.25, -0.2) is 0 Å². The number of anilines is 4. The number of hydrogen-bond donors (Lipinski definition) is 1. The number of fused-ring (bicyclic) bond motifs is 7. The zero-order valence-electron chi connectivity index (χ0n) is 35.3. The van der Waals surface area contributed by atoms with Crippen molar-refractivity contribution in [3.63, 3.8) is 0 Å². The van der Waals surface area contributed by atoms with Crippen LogP contribution in [-0.2, 0) is 16.2 Å². The van der Waals surface area contributed by atoms with Gasteiger partial charge in [0.2, 0.25) is 0 Å². The van der Waals surface area contributed by atoms with Crippen molar-refractivity contribution >= 4 is 41.0 Å². The summed E-state index contributed by atoms with van der Waals surface area (Å²) < 4.78 is 0. The first-order valence-corrected chi connectivity index (χ1v) is 21.7. The Balaban J connectivity index is 1.24. The highest BCUT2D eigenvalue weighted by Gasteiger charge is 2.59. The second-order valence-electron chi connectivity index (χ2n) is 19.2. The lowest BCUT2D eigenvalue weighted by Crippen LogP contribution is -2.57. The summed E-state index contributed by atoms with van der Waals surface area (Å²) >= 11 is 0. The summed E-state index contributed by atoms with van der Waals surface area (Å²) in [4.78, 5) is 2.83. The molecule has 59 heavy (non-hydrogen) atoms. The fraction of sp³-hybridized carbons (Fsp3) is 0.250. The van der Waals surface area contributed by atoms with Gasteiger partial charge < -0.3 is 10.2 Å². The largest absolute Gasteiger partial charge is 0.354 e. The highest BCUT2D eigenvalue weighted by molar-refractivity contribution is 6.73. The molecule has 3 heterocycles.